The second kappa shape index (κ2) is 5.66. The van der Waals surface area contributed by atoms with Gasteiger partial charge in [-0.15, -0.1) is 0 Å². The van der Waals surface area contributed by atoms with Gasteiger partial charge in [-0.2, -0.15) is 0 Å². The minimum Gasteiger partial charge on any atom is -0.340 e. The van der Waals surface area contributed by atoms with Crippen LogP contribution in [-0.2, 0) is 4.79 Å². The average Bonchev–Trinajstić information content (AvgIpc) is 2.35. The van der Waals surface area contributed by atoms with E-state index in [1.807, 2.05) is 0 Å². The predicted octanol–water partition coefficient (Wildman–Crippen LogP) is 1.86. The molecule has 0 aromatic carbocycles. The van der Waals surface area contributed by atoms with Crippen molar-refractivity contribution in [3.63, 3.8) is 0 Å². The van der Waals surface area contributed by atoms with Crippen LogP contribution in [0.25, 0.3) is 0 Å². The zero-order valence-electron chi connectivity index (χ0n) is 14.2. The molecule has 3 aliphatic rings. The van der Waals surface area contributed by atoms with Gasteiger partial charge in [0, 0.05) is 30.8 Å². The highest BCUT2D eigenvalue weighted by Crippen LogP contribution is 2.41. The molecule has 3 nitrogen and oxygen atoms in total. The van der Waals surface area contributed by atoms with Gasteiger partial charge in [-0.05, 0) is 24.7 Å². The van der Waals surface area contributed by atoms with Crippen molar-refractivity contribution < 1.29 is 10.1 Å². The maximum absolute atomic E-state index is 12.9. The number of Topliss-reactive ketones (excluding diaryl/α,β-unsaturated/α-hetero) is 1. The Hall–Kier alpha value is -0.410. The molecule has 1 aliphatic heterocycles. The zero-order chi connectivity index (χ0) is 15.2. The molecule has 0 radical (unpaired) electrons. The molecule has 0 aromatic rings. The van der Waals surface area contributed by atoms with Crippen molar-refractivity contribution in [3.05, 3.63) is 0 Å². The van der Waals surface area contributed by atoms with Crippen LogP contribution in [0.1, 0.15) is 66.2 Å². The summed E-state index contributed by atoms with van der Waals surface area (Å²) in [6.07, 6.45) is 7.35. The highest BCUT2D eigenvalue weighted by atomic mass is 16.1. The van der Waals surface area contributed by atoms with Gasteiger partial charge in [0.05, 0.1) is 18.0 Å². The van der Waals surface area contributed by atoms with Gasteiger partial charge in [0.1, 0.15) is 5.78 Å². The van der Waals surface area contributed by atoms with E-state index in [1.165, 1.54) is 32.1 Å². The van der Waals surface area contributed by atoms with Gasteiger partial charge in [0.25, 0.3) is 0 Å². The lowest BCUT2D eigenvalue weighted by Gasteiger charge is -2.51. The average molecular weight is 293 g/mol. The van der Waals surface area contributed by atoms with E-state index in [-0.39, 0.29) is 11.3 Å². The lowest BCUT2D eigenvalue weighted by atomic mass is 9.60. The number of nitrogens with one attached hydrogen (secondary N) is 1. The number of piperidine rings is 1. The fourth-order valence-electron chi connectivity index (χ4n) is 5.39. The van der Waals surface area contributed by atoms with E-state index in [1.54, 1.807) is 0 Å². The lowest BCUT2D eigenvalue weighted by Crippen LogP contribution is -3.02. The van der Waals surface area contributed by atoms with E-state index in [4.69, 9.17) is 0 Å². The Kier molecular flexibility index (Phi) is 4.17. The monoisotopic (exact) mass is 293 g/mol. The van der Waals surface area contributed by atoms with Gasteiger partial charge in [0.2, 0.25) is 0 Å². The Balaban J connectivity index is 1.87. The van der Waals surface area contributed by atoms with E-state index >= 15 is 0 Å². The summed E-state index contributed by atoms with van der Waals surface area (Å²) < 4.78 is 0. The van der Waals surface area contributed by atoms with E-state index in [0.29, 0.717) is 29.8 Å². The molecule has 3 rings (SSSR count). The highest BCUT2D eigenvalue weighted by molar-refractivity contribution is 5.84. The Morgan fingerprint density at radius 2 is 1.90 bits per heavy atom. The molecule has 120 valence electrons. The summed E-state index contributed by atoms with van der Waals surface area (Å²) in [6, 6.07) is 2.16. The third-order valence-corrected chi connectivity index (χ3v) is 6.02. The molecule has 5 atom stereocenters. The van der Waals surface area contributed by atoms with Crippen LogP contribution in [0.5, 0.6) is 0 Å². The molecule has 2 saturated carbocycles. The Bertz CT molecular complexity index is 404. The quantitative estimate of drug-likeness (QED) is 0.816. The SMILES string of the molecule is CC(C)NC1C2CCCCC2[NH2+]C2CC(C)(C)CC(=O)C21. The van der Waals surface area contributed by atoms with Crippen LogP contribution in [-0.4, -0.2) is 30.0 Å². The molecular weight excluding hydrogens is 260 g/mol. The lowest BCUT2D eigenvalue weighted by molar-refractivity contribution is -0.747. The maximum atomic E-state index is 12.9. The predicted molar refractivity (Wildman–Crippen MR) is 85.0 cm³/mol. The molecule has 2 aliphatic carbocycles. The molecule has 0 aromatic heterocycles. The fourth-order valence-corrected chi connectivity index (χ4v) is 5.39. The number of ketones is 1. The number of nitrogens with two attached hydrogens (primary N) is 1. The van der Waals surface area contributed by atoms with Crippen molar-refractivity contribution in [2.45, 2.75) is 90.4 Å². The Labute approximate surface area is 129 Å². The molecule has 0 amide bonds. The van der Waals surface area contributed by atoms with E-state index in [9.17, 15) is 4.79 Å². The third-order valence-electron chi connectivity index (χ3n) is 6.02. The molecule has 0 bridgehead atoms. The number of fused-ring (bicyclic) bond motifs is 2. The van der Waals surface area contributed by atoms with Gasteiger partial charge in [-0.3, -0.25) is 4.79 Å². The molecule has 0 spiro atoms. The number of quaternary nitrogens is 1. The minimum absolute atomic E-state index is 0.193. The molecular formula is C18H33N2O+. The number of hydrogen-bond acceptors (Lipinski definition) is 2. The summed E-state index contributed by atoms with van der Waals surface area (Å²) in [6.45, 7) is 8.99. The van der Waals surface area contributed by atoms with Crippen molar-refractivity contribution in [2.24, 2.45) is 17.3 Å². The number of hydrogen-bond donors (Lipinski definition) is 2. The minimum atomic E-state index is 0.193. The molecule has 3 fully saturated rings. The highest BCUT2D eigenvalue weighted by Gasteiger charge is 2.54. The van der Waals surface area contributed by atoms with Crippen molar-refractivity contribution >= 4 is 5.78 Å². The first-order valence-corrected chi connectivity index (χ1v) is 9.01. The van der Waals surface area contributed by atoms with Gasteiger partial charge in [-0.1, -0.05) is 34.1 Å². The Morgan fingerprint density at radius 1 is 1.19 bits per heavy atom. The van der Waals surface area contributed by atoms with Crippen molar-refractivity contribution in [2.75, 3.05) is 0 Å². The smallest absolute Gasteiger partial charge is 0.144 e. The van der Waals surface area contributed by atoms with Crippen LogP contribution in [0, 0.1) is 17.3 Å². The van der Waals surface area contributed by atoms with Gasteiger partial charge < -0.3 is 10.6 Å². The summed E-state index contributed by atoms with van der Waals surface area (Å²) in [4.78, 5) is 12.9. The third kappa shape index (κ3) is 3.05. The summed E-state index contributed by atoms with van der Waals surface area (Å²) in [5, 5.41) is 6.40. The molecule has 3 heteroatoms. The first-order valence-electron chi connectivity index (χ1n) is 9.01. The summed E-state index contributed by atoms with van der Waals surface area (Å²) in [5.41, 5.74) is 0.193. The normalized spacial score (nSPS) is 42.5. The largest absolute Gasteiger partial charge is 0.340 e. The van der Waals surface area contributed by atoms with Crippen LogP contribution < -0.4 is 10.6 Å². The standard InChI is InChI=1S/C18H32N2O/c1-11(2)19-17-12-7-5-6-8-13(12)20-14-9-18(3,4)10-15(21)16(14)17/h11-14,16-17,19-20H,5-10H2,1-4H3/p+1. The molecule has 5 unspecified atom stereocenters. The van der Waals surface area contributed by atoms with Crippen LogP contribution in [0.15, 0.2) is 0 Å². The summed E-state index contributed by atoms with van der Waals surface area (Å²) in [7, 11) is 0. The summed E-state index contributed by atoms with van der Waals surface area (Å²) >= 11 is 0. The van der Waals surface area contributed by atoms with Crippen LogP contribution >= 0.6 is 0 Å². The second-order valence-corrected chi connectivity index (χ2v) is 8.85. The Morgan fingerprint density at radius 3 is 2.62 bits per heavy atom. The fraction of sp³-hybridized carbons (Fsp3) is 0.944. The first-order chi connectivity index (χ1) is 9.87. The van der Waals surface area contributed by atoms with E-state index < -0.39 is 0 Å². The molecule has 21 heavy (non-hydrogen) atoms. The van der Waals surface area contributed by atoms with E-state index in [0.717, 1.165) is 12.5 Å². The van der Waals surface area contributed by atoms with Crippen molar-refractivity contribution in [3.8, 4) is 0 Å². The van der Waals surface area contributed by atoms with E-state index in [2.05, 4.69) is 38.3 Å². The molecule has 3 N–H and O–H groups in total. The van der Waals surface area contributed by atoms with Crippen molar-refractivity contribution in [1.82, 2.24) is 5.32 Å². The number of carbonyl (C=O) groups is 1. The number of rotatable bonds is 2. The van der Waals surface area contributed by atoms with Crippen LogP contribution in [0.4, 0.5) is 0 Å². The summed E-state index contributed by atoms with van der Waals surface area (Å²) in [5.74, 6) is 1.47. The zero-order valence-corrected chi connectivity index (χ0v) is 14.2. The number of carbonyl (C=O) groups excluding carboxylic acids is 1. The second-order valence-electron chi connectivity index (χ2n) is 8.85. The van der Waals surface area contributed by atoms with Gasteiger partial charge in [-0.25, -0.2) is 0 Å². The first kappa shape index (κ1) is 15.5. The topological polar surface area (TPSA) is 45.7 Å². The van der Waals surface area contributed by atoms with Crippen molar-refractivity contribution in [1.29, 1.82) is 0 Å². The van der Waals surface area contributed by atoms with Gasteiger partial charge in [0.15, 0.2) is 0 Å². The van der Waals surface area contributed by atoms with Crippen LogP contribution in [0.2, 0.25) is 0 Å². The van der Waals surface area contributed by atoms with Crippen LogP contribution in [0.3, 0.4) is 0 Å². The molecule has 1 saturated heterocycles. The van der Waals surface area contributed by atoms with Gasteiger partial charge >= 0.3 is 0 Å². The maximum Gasteiger partial charge on any atom is 0.144 e. The molecule has 1 heterocycles.